The summed E-state index contributed by atoms with van der Waals surface area (Å²) in [4.78, 5) is 0. The largest absolute Gasteiger partial charge is 1.00 e. The van der Waals surface area contributed by atoms with Crippen LogP contribution in [0.15, 0.2) is 0 Å². The molecule has 4 saturated carbocycles. The average Bonchev–Trinajstić information content (AvgIpc) is 3.46. The monoisotopic (exact) mass is 682 g/mol. The lowest BCUT2D eigenvalue weighted by Gasteiger charge is -2.62. The Morgan fingerprint density at radius 2 is 1.18 bits per heavy atom. The molecule has 6 aliphatic rings. The maximum atomic E-state index is 2.79. The van der Waals surface area contributed by atoms with Gasteiger partial charge in [-0.05, 0) is 74.0 Å². The molecule has 0 N–H and O–H groups in total. The first-order valence-corrected chi connectivity index (χ1v) is 14.5. The van der Waals surface area contributed by atoms with Gasteiger partial charge in [0.1, 0.15) is 0 Å². The van der Waals surface area contributed by atoms with Crippen molar-refractivity contribution < 1.29 is 56.9 Å². The van der Waals surface area contributed by atoms with E-state index in [2.05, 4.69) is 27.9 Å². The molecule has 2 saturated heterocycles. The van der Waals surface area contributed by atoms with Crippen LogP contribution in [-0.4, -0.2) is 61.3 Å². The van der Waals surface area contributed by atoms with Crippen LogP contribution in [0.2, 0.25) is 0 Å². The third kappa shape index (κ3) is 4.11. The summed E-state index contributed by atoms with van der Waals surface area (Å²) in [7, 11) is 5.25. The summed E-state index contributed by atoms with van der Waals surface area (Å²) in [6, 6.07) is 1.96. The van der Waals surface area contributed by atoms with Crippen LogP contribution in [0.5, 0.6) is 0 Å². The van der Waals surface area contributed by atoms with Gasteiger partial charge in [-0.2, -0.15) is 0 Å². The first-order chi connectivity index (χ1) is 14.8. The van der Waals surface area contributed by atoms with Crippen molar-refractivity contribution in [3.63, 3.8) is 0 Å². The fraction of sp³-hybridized carbons (Fsp3) is 1.00. The molecule has 4 aliphatic carbocycles. The lowest BCUT2D eigenvalue weighted by molar-refractivity contribution is -0.928. The average molecular weight is 683 g/mol. The van der Waals surface area contributed by atoms with Crippen molar-refractivity contribution in [3.8, 4) is 0 Å². The highest BCUT2D eigenvalue weighted by Crippen LogP contribution is 2.67. The predicted octanol–water partition coefficient (Wildman–Crippen LogP) is 0.255. The minimum absolute atomic E-state index is 0. The second-order valence-corrected chi connectivity index (χ2v) is 14.5. The molecular weight excluding hydrogens is 630 g/mol. The standard InChI is InChI=1S/C29H52N2.2HI/c1-28-15-13-23(30(3)17-5-6-18-30)21-22(28)9-10-24-25-11-12-27(31(4)19-7-8-20-31)29(25,2)16-14-26(24)28;;/h22-27H,5-21H2,1-4H3;2*1H/q+2;;/p-2/t22-,23?,24?,25?,26?,27?,28+,29+;;/m1../s1. The number of hydrogen-bond acceptors (Lipinski definition) is 0. The summed E-state index contributed by atoms with van der Waals surface area (Å²) in [6.45, 7) is 11.5. The highest BCUT2D eigenvalue weighted by atomic mass is 127. The number of halogens is 2. The van der Waals surface area contributed by atoms with Gasteiger partial charge in [0.2, 0.25) is 0 Å². The summed E-state index contributed by atoms with van der Waals surface area (Å²) in [5.74, 6) is 4.20. The van der Waals surface area contributed by atoms with E-state index >= 15 is 0 Å². The van der Waals surface area contributed by atoms with Gasteiger partial charge in [-0.3, -0.25) is 0 Å². The van der Waals surface area contributed by atoms with Gasteiger partial charge in [0.05, 0.1) is 52.4 Å². The molecule has 0 spiro atoms. The van der Waals surface area contributed by atoms with E-state index in [4.69, 9.17) is 0 Å². The zero-order valence-corrected chi connectivity index (χ0v) is 26.5. The van der Waals surface area contributed by atoms with Crippen molar-refractivity contribution in [1.82, 2.24) is 0 Å². The van der Waals surface area contributed by atoms with Gasteiger partial charge >= 0.3 is 0 Å². The Kier molecular flexibility index (Phi) is 7.98. The Bertz CT molecular complexity index is 700. The maximum absolute atomic E-state index is 2.79. The van der Waals surface area contributed by atoms with Crippen LogP contribution in [0.25, 0.3) is 0 Å². The number of quaternary nitrogens is 2. The fourth-order valence-electron chi connectivity index (χ4n) is 11.6. The molecule has 8 atom stereocenters. The number of hydrogen-bond donors (Lipinski definition) is 0. The van der Waals surface area contributed by atoms with Gasteiger partial charge in [0, 0.05) is 43.9 Å². The normalized spacial score (nSPS) is 49.8. The quantitative estimate of drug-likeness (QED) is 0.290. The van der Waals surface area contributed by atoms with Crippen molar-refractivity contribution in [2.24, 2.45) is 34.5 Å². The van der Waals surface area contributed by atoms with E-state index in [1.165, 1.54) is 67.2 Å². The van der Waals surface area contributed by atoms with E-state index in [-0.39, 0.29) is 48.0 Å². The van der Waals surface area contributed by atoms with Gasteiger partial charge < -0.3 is 56.9 Å². The molecular formula is C29H52I2N2. The predicted molar refractivity (Wildman–Crippen MR) is 130 cm³/mol. The molecule has 5 unspecified atom stereocenters. The maximum Gasteiger partial charge on any atom is 0.0945 e. The molecule has 0 aromatic carbocycles. The lowest BCUT2D eigenvalue weighted by Crippen LogP contribution is -3.00. The van der Waals surface area contributed by atoms with Crippen LogP contribution in [0.1, 0.15) is 97.3 Å². The summed E-state index contributed by atoms with van der Waals surface area (Å²) < 4.78 is 2.86. The van der Waals surface area contributed by atoms with Crippen LogP contribution < -0.4 is 48.0 Å². The molecule has 0 radical (unpaired) electrons. The summed E-state index contributed by atoms with van der Waals surface area (Å²) in [6.07, 6.45) is 20.0. The Morgan fingerprint density at radius 1 is 0.606 bits per heavy atom. The third-order valence-corrected chi connectivity index (χ3v) is 13.4. The van der Waals surface area contributed by atoms with Crippen LogP contribution in [0, 0.1) is 34.5 Å². The first kappa shape index (κ1) is 27.4. The molecule has 0 aromatic rings. The summed E-state index contributed by atoms with van der Waals surface area (Å²) in [5.41, 5.74) is 1.32. The van der Waals surface area contributed by atoms with Gasteiger partial charge in [0.15, 0.2) is 0 Å². The second kappa shape index (κ2) is 9.60. The van der Waals surface area contributed by atoms with E-state index in [0.29, 0.717) is 10.8 Å². The Labute approximate surface area is 239 Å². The smallest absolute Gasteiger partial charge is 0.0945 e. The molecule has 192 valence electrons. The molecule has 2 nitrogen and oxygen atoms in total. The van der Waals surface area contributed by atoms with E-state index < -0.39 is 0 Å². The highest BCUT2D eigenvalue weighted by molar-refractivity contribution is 5.10. The van der Waals surface area contributed by atoms with E-state index in [9.17, 15) is 0 Å². The second-order valence-electron chi connectivity index (χ2n) is 14.5. The van der Waals surface area contributed by atoms with E-state index in [1.54, 1.807) is 51.4 Å². The number of likely N-dealkylation sites (tertiary alicyclic amines) is 2. The minimum atomic E-state index is 0. The zero-order valence-electron chi connectivity index (χ0n) is 22.1. The van der Waals surface area contributed by atoms with Crippen LogP contribution in [-0.2, 0) is 0 Å². The van der Waals surface area contributed by atoms with Gasteiger partial charge in [-0.1, -0.05) is 13.8 Å². The van der Waals surface area contributed by atoms with Gasteiger partial charge in [-0.15, -0.1) is 0 Å². The molecule has 6 rings (SSSR count). The van der Waals surface area contributed by atoms with Gasteiger partial charge in [-0.25, -0.2) is 0 Å². The molecule has 0 bridgehead atoms. The molecule has 2 aliphatic heterocycles. The third-order valence-electron chi connectivity index (χ3n) is 13.4. The zero-order chi connectivity index (χ0) is 21.5. The van der Waals surface area contributed by atoms with Crippen molar-refractivity contribution in [2.75, 3.05) is 40.3 Å². The molecule has 2 heterocycles. The Hall–Kier alpha value is 1.38. The lowest BCUT2D eigenvalue weighted by atomic mass is 9.44. The summed E-state index contributed by atoms with van der Waals surface area (Å²) in [5, 5.41) is 0. The van der Waals surface area contributed by atoms with Crippen LogP contribution in [0.4, 0.5) is 0 Å². The molecule has 0 aromatic heterocycles. The van der Waals surface area contributed by atoms with E-state index in [0.717, 1.165) is 35.8 Å². The van der Waals surface area contributed by atoms with Gasteiger partial charge in [0.25, 0.3) is 0 Å². The van der Waals surface area contributed by atoms with Crippen molar-refractivity contribution >= 4 is 0 Å². The van der Waals surface area contributed by atoms with Crippen LogP contribution >= 0.6 is 0 Å². The summed E-state index contributed by atoms with van der Waals surface area (Å²) >= 11 is 0. The van der Waals surface area contributed by atoms with Crippen molar-refractivity contribution in [1.29, 1.82) is 0 Å². The Morgan fingerprint density at radius 3 is 1.85 bits per heavy atom. The minimum Gasteiger partial charge on any atom is -1.00 e. The number of rotatable bonds is 2. The van der Waals surface area contributed by atoms with Crippen LogP contribution in [0.3, 0.4) is 0 Å². The topological polar surface area (TPSA) is 0 Å². The molecule has 6 fully saturated rings. The highest BCUT2D eigenvalue weighted by Gasteiger charge is 2.64. The molecule has 0 amide bonds. The SMILES string of the molecule is C[C@]12CCC3C(CC[C@@H]4CC([N+]5(C)CCCC5)CC[C@]34C)C1CCC2[N+]1(C)CCCC1.[I-].[I-]. The van der Waals surface area contributed by atoms with Crippen molar-refractivity contribution in [3.05, 3.63) is 0 Å². The van der Waals surface area contributed by atoms with Crippen molar-refractivity contribution in [2.45, 2.75) is 109 Å². The molecule has 33 heavy (non-hydrogen) atoms. The number of nitrogens with zero attached hydrogens (tertiary/aromatic N) is 2. The van der Waals surface area contributed by atoms with E-state index in [1.807, 2.05) is 0 Å². The number of fused-ring (bicyclic) bond motifs is 5. The Balaban J connectivity index is 0.00000130. The molecule has 4 heteroatoms. The first-order valence-electron chi connectivity index (χ1n) is 14.5. The fourth-order valence-corrected chi connectivity index (χ4v) is 11.6.